The van der Waals surface area contributed by atoms with E-state index in [0.29, 0.717) is 18.7 Å². The number of nitrogens with one attached hydrogen (secondary N) is 1. The number of anilines is 1. The first-order chi connectivity index (χ1) is 11.8. The molecule has 0 atom stereocenters. The molecule has 0 unspecified atom stereocenters. The third-order valence-electron chi connectivity index (χ3n) is 3.96. The molecule has 0 fully saturated rings. The highest BCUT2D eigenvalue weighted by Crippen LogP contribution is 2.15. The van der Waals surface area contributed by atoms with Crippen LogP contribution in [-0.4, -0.2) is 40.2 Å². The summed E-state index contributed by atoms with van der Waals surface area (Å²) in [6.07, 6.45) is 1.15. The molecule has 2 rings (SSSR count). The van der Waals surface area contributed by atoms with E-state index in [1.54, 1.807) is 0 Å². The van der Waals surface area contributed by atoms with Gasteiger partial charge in [0.15, 0.2) is 9.84 Å². The first kappa shape index (κ1) is 19.0. The lowest BCUT2D eigenvalue weighted by atomic mass is 10.2. The van der Waals surface area contributed by atoms with Gasteiger partial charge in [0, 0.05) is 37.1 Å². The van der Waals surface area contributed by atoms with Crippen LogP contribution in [0.15, 0.2) is 53.4 Å². The quantitative estimate of drug-likeness (QED) is 0.824. The van der Waals surface area contributed by atoms with Crippen molar-refractivity contribution in [2.24, 2.45) is 0 Å². The third-order valence-corrected chi connectivity index (χ3v) is 5.09. The Morgan fingerprint density at radius 1 is 1.12 bits per heavy atom. The molecule has 1 N–H and O–H groups in total. The number of sulfone groups is 1. The summed E-state index contributed by atoms with van der Waals surface area (Å²) in [4.78, 5) is 14.6. The Kier molecular flexibility index (Phi) is 6.20. The van der Waals surface area contributed by atoms with Crippen molar-refractivity contribution in [3.05, 3.63) is 59.7 Å². The van der Waals surface area contributed by atoms with Gasteiger partial charge < -0.3 is 10.2 Å². The number of hydrogen-bond acceptors (Lipinski definition) is 4. The van der Waals surface area contributed by atoms with Crippen LogP contribution in [0.5, 0.6) is 0 Å². The van der Waals surface area contributed by atoms with E-state index in [-0.39, 0.29) is 10.8 Å². The Morgan fingerprint density at radius 3 is 2.36 bits per heavy atom. The molecular weight excluding hydrogens is 336 g/mol. The second kappa shape index (κ2) is 8.16. The zero-order chi connectivity index (χ0) is 18.4. The fraction of sp³-hybridized carbons (Fsp3) is 0.316. The van der Waals surface area contributed by atoms with E-state index in [2.05, 4.69) is 42.3 Å². The second-order valence-electron chi connectivity index (χ2n) is 5.97. The van der Waals surface area contributed by atoms with Crippen molar-refractivity contribution in [1.29, 1.82) is 0 Å². The summed E-state index contributed by atoms with van der Waals surface area (Å²) in [5.41, 5.74) is 2.78. The maximum atomic E-state index is 12.2. The van der Waals surface area contributed by atoms with Crippen LogP contribution in [0.3, 0.4) is 0 Å². The van der Waals surface area contributed by atoms with Gasteiger partial charge in [0.05, 0.1) is 4.90 Å². The molecule has 0 aliphatic heterocycles. The minimum absolute atomic E-state index is 0.208. The molecule has 0 saturated carbocycles. The Balaban J connectivity index is 1.93. The van der Waals surface area contributed by atoms with Gasteiger partial charge in [0.25, 0.3) is 5.91 Å². The lowest BCUT2D eigenvalue weighted by Gasteiger charge is -2.23. The van der Waals surface area contributed by atoms with Crippen LogP contribution in [-0.2, 0) is 9.84 Å². The molecule has 0 spiro atoms. The number of nitrogens with zero attached hydrogens (tertiary/aromatic N) is 1. The van der Waals surface area contributed by atoms with E-state index in [1.807, 2.05) is 6.07 Å². The fourth-order valence-corrected chi connectivity index (χ4v) is 3.18. The van der Waals surface area contributed by atoms with E-state index < -0.39 is 9.84 Å². The van der Waals surface area contributed by atoms with Crippen LogP contribution < -0.4 is 10.2 Å². The smallest absolute Gasteiger partial charge is 0.251 e. The summed E-state index contributed by atoms with van der Waals surface area (Å²) in [6.45, 7) is 6.19. The molecule has 2 aromatic rings. The Labute approximate surface area is 149 Å². The SMILES string of the molecule is CCN(CCNC(=O)c1ccc(S(C)(=O)=O)cc1)c1cccc(C)c1. The highest BCUT2D eigenvalue weighted by Gasteiger charge is 2.10. The average Bonchev–Trinajstić information content (AvgIpc) is 2.58. The van der Waals surface area contributed by atoms with Gasteiger partial charge in [-0.3, -0.25) is 4.79 Å². The minimum Gasteiger partial charge on any atom is -0.370 e. The molecule has 0 aliphatic rings. The molecule has 134 valence electrons. The summed E-state index contributed by atoms with van der Waals surface area (Å²) >= 11 is 0. The van der Waals surface area contributed by atoms with Crippen molar-refractivity contribution in [3.8, 4) is 0 Å². The van der Waals surface area contributed by atoms with Crippen molar-refractivity contribution in [3.63, 3.8) is 0 Å². The Hall–Kier alpha value is -2.34. The van der Waals surface area contributed by atoms with Gasteiger partial charge in [0.2, 0.25) is 0 Å². The van der Waals surface area contributed by atoms with Gasteiger partial charge in [-0.2, -0.15) is 0 Å². The molecule has 25 heavy (non-hydrogen) atoms. The highest BCUT2D eigenvalue weighted by atomic mass is 32.2. The van der Waals surface area contributed by atoms with Crippen LogP contribution in [0, 0.1) is 6.92 Å². The molecule has 0 saturated heterocycles. The maximum absolute atomic E-state index is 12.2. The maximum Gasteiger partial charge on any atom is 0.251 e. The van der Waals surface area contributed by atoms with Crippen molar-refractivity contribution in [2.75, 3.05) is 30.8 Å². The largest absolute Gasteiger partial charge is 0.370 e. The molecule has 6 heteroatoms. The Morgan fingerprint density at radius 2 is 1.80 bits per heavy atom. The highest BCUT2D eigenvalue weighted by molar-refractivity contribution is 7.90. The predicted octanol–water partition coefficient (Wildman–Crippen LogP) is 2.65. The van der Waals surface area contributed by atoms with E-state index in [4.69, 9.17) is 0 Å². The molecular formula is C19H24N2O3S. The van der Waals surface area contributed by atoms with Gasteiger partial charge in [-0.05, 0) is 55.8 Å². The van der Waals surface area contributed by atoms with Gasteiger partial charge in [-0.1, -0.05) is 12.1 Å². The van der Waals surface area contributed by atoms with Crippen molar-refractivity contribution in [1.82, 2.24) is 5.32 Å². The number of aryl methyl sites for hydroxylation is 1. The number of carbonyl (C=O) groups excluding carboxylic acids is 1. The summed E-state index contributed by atoms with van der Waals surface area (Å²) in [7, 11) is -3.25. The number of benzene rings is 2. The fourth-order valence-electron chi connectivity index (χ4n) is 2.55. The zero-order valence-electron chi connectivity index (χ0n) is 14.8. The molecule has 2 aromatic carbocycles. The lowest BCUT2D eigenvalue weighted by molar-refractivity contribution is 0.0954. The normalized spacial score (nSPS) is 11.2. The van der Waals surface area contributed by atoms with E-state index in [9.17, 15) is 13.2 Å². The number of rotatable bonds is 7. The predicted molar refractivity (Wildman–Crippen MR) is 101 cm³/mol. The number of amides is 1. The molecule has 0 bridgehead atoms. The van der Waals surface area contributed by atoms with Crippen LogP contribution in [0.1, 0.15) is 22.8 Å². The Bertz CT molecular complexity index is 830. The summed E-state index contributed by atoms with van der Waals surface area (Å²) < 4.78 is 22.9. The van der Waals surface area contributed by atoms with Gasteiger partial charge in [-0.25, -0.2) is 8.42 Å². The van der Waals surface area contributed by atoms with Gasteiger partial charge in [-0.15, -0.1) is 0 Å². The first-order valence-electron chi connectivity index (χ1n) is 8.21. The summed E-state index contributed by atoms with van der Waals surface area (Å²) in [5, 5.41) is 2.88. The van der Waals surface area contributed by atoms with E-state index in [0.717, 1.165) is 18.5 Å². The van der Waals surface area contributed by atoms with Crippen LogP contribution in [0.25, 0.3) is 0 Å². The topological polar surface area (TPSA) is 66.5 Å². The van der Waals surface area contributed by atoms with E-state index in [1.165, 1.54) is 29.8 Å². The van der Waals surface area contributed by atoms with Gasteiger partial charge >= 0.3 is 0 Å². The van der Waals surface area contributed by atoms with Crippen molar-refractivity contribution < 1.29 is 13.2 Å². The second-order valence-corrected chi connectivity index (χ2v) is 7.99. The average molecular weight is 360 g/mol. The molecule has 0 aromatic heterocycles. The van der Waals surface area contributed by atoms with Crippen LogP contribution in [0.4, 0.5) is 5.69 Å². The molecule has 5 nitrogen and oxygen atoms in total. The molecule has 0 radical (unpaired) electrons. The first-order valence-corrected chi connectivity index (χ1v) is 10.1. The summed E-state index contributed by atoms with van der Waals surface area (Å²) in [5.74, 6) is -0.208. The molecule has 0 heterocycles. The van der Waals surface area contributed by atoms with Crippen molar-refractivity contribution >= 4 is 21.4 Å². The van der Waals surface area contributed by atoms with E-state index >= 15 is 0 Å². The summed E-state index contributed by atoms with van der Waals surface area (Å²) in [6, 6.07) is 14.2. The third kappa shape index (κ3) is 5.32. The zero-order valence-corrected chi connectivity index (χ0v) is 15.6. The molecule has 1 amide bonds. The van der Waals surface area contributed by atoms with Crippen LogP contribution >= 0.6 is 0 Å². The van der Waals surface area contributed by atoms with Crippen molar-refractivity contribution in [2.45, 2.75) is 18.7 Å². The van der Waals surface area contributed by atoms with Crippen LogP contribution in [0.2, 0.25) is 0 Å². The standard InChI is InChI=1S/C19H24N2O3S/c1-4-21(17-7-5-6-15(2)14-17)13-12-20-19(22)16-8-10-18(11-9-16)25(3,23)24/h5-11,14H,4,12-13H2,1-3H3,(H,20,22). The number of carbonyl (C=O) groups is 1. The monoisotopic (exact) mass is 360 g/mol. The number of hydrogen-bond donors (Lipinski definition) is 1. The lowest BCUT2D eigenvalue weighted by Crippen LogP contribution is -2.35. The number of likely N-dealkylation sites (N-methyl/N-ethyl adjacent to an activating group) is 1. The minimum atomic E-state index is -3.25. The molecule has 0 aliphatic carbocycles. The van der Waals surface area contributed by atoms with Gasteiger partial charge in [0.1, 0.15) is 0 Å².